The molecular formula is C22H25N3O3S. The average molecular weight is 412 g/mol. The van der Waals surface area contributed by atoms with Gasteiger partial charge >= 0.3 is 0 Å². The predicted octanol–water partition coefficient (Wildman–Crippen LogP) is 4.13. The maximum absolute atomic E-state index is 12.9. The van der Waals surface area contributed by atoms with Crippen molar-refractivity contribution < 1.29 is 13.2 Å². The molecule has 0 fully saturated rings. The number of nitrogens with zero attached hydrogens (tertiary/aromatic N) is 2. The highest BCUT2D eigenvalue weighted by atomic mass is 32.2. The molecule has 1 amide bonds. The van der Waals surface area contributed by atoms with Gasteiger partial charge < -0.3 is 5.32 Å². The summed E-state index contributed by atoms with van der Waals surface area (Å²) in [4.78, 5) is 17.4. The van der Waals surface area contributed by atoms with E-state index in [1.807, 2.05) is 44.2 Å². The van der Waals surface area contributed by atoms with Crippen LogP contribution in [0.1, 0.15) is 35.5 Å². The Kier molecular flexibility index (Phi) is 6.00. The summed E-state index contributed by atoms with van der Waals surface area (Å²) in [7, 11) is -3.63. The van der Waals surface area contributed by atoms with E-state index in [1.54, 1.807) is 26.0 Å². The van der Waals surface area contributed by atoms with Crippen LogP contribution in [0.5, 0.6) is 0 Å². The van der Waals surface area contributed by atoms with Crippen LogP contribution in [0, 0.1) is 13.8 Å². The largest absolute Gasteiger partial charge is 0.320 e. The van der Waals surface area contributed by atoms with Crippen molar-refractivity contribution in [1.82, 2.24) is 9.29 Å². The molecule has 0 spiro atoms. The first-order valence-corrected chi connectivity index (χ1v) is 11.0. The number of rotatable bonds is 6. The van der Waals surface area contributed by atoms with Gasteiger partial charge in [-0.1, -0.05) is 38.1 Å². The number of sulfonamides is 1. The van der Waals surface area contributed by atoms with E-state index in [1.165, 1.54) is 10.4 Å². The number of amides is 1. The number of fused-ring (bicyclic) bond motifs is 1. The van der Waals surface area contributed by atoms with Gasteiger partial charge in [0.1, 0.15) is 5.69 Å². The predicted molar refractivity (Wildman–Crippen MR) is 116 cm³/mol. The number of hydrogen-bond donors (Lipinski definition) is 1. The van der Waals surface area contributed by atoms with Crippen LogP contribution in [-0.4, -0.2) is 36.7 Å². The molecule has 0 aliphatic rings. The molecule has 3 aromatic rings. The van der Waals surface area contributed by atoms with E-state index in [2.05, 4.69) is 10.3 Å². The molecule has 0 aliphatic carbocycles. The van der Waals surface area contributed by atoms with Crippen LogP contribution in [0.15, 0.2) is 53.4 Å². The van der Waals surface area contributed by atoms with Crippen molar-refractivity contribution >= 4 is 32.5 Å². The Morgan fingerprint density at radius 3 is 2.41 bits per heavy atom. The zero-order valence-corrected chi connectivity index (χ0v) is 17.9. The van der Waals surface area contributed by atoms with E-state index in [0.29, 0.717) is 18.8 Å². The van der Waals surface area contributed by atoms with Gasteiger partial charge in [-0.3, -0.25) is 4.79 Å². The Balaban J connectivity index is 1.97. The molecular weight excluding hydrogens is 386 g/mol. The fourth-order valence-electron chi connectivity index (χ4n) is 3.20. The number of nitrogens with one attached hydrogen (secondary N) is 1. The molecule has 0 unspecified atom stereocenters. The first-order chi connectivity index (χ1) is 13.8. The zero-order chi connectivity index (χ0) is 21.2. The number of pyridine rings is 1. The SMILES string of the molecule is CCN(CC)S(=O)(=O)c1cc(C)c(C)c(NC(=O)c2ccc3ccccc3n2)c1. The molecule has 0 radical (unpaired) electrons. The normalized spacial score (nSPS) is 11.8. The minimum Gasteiger partial charge on any atom is -0.320 e. The third-order valence-corrected chi connectivity index (χ3v) is 7.09. The van der Waals surface area contributed by atoms with Crippen molar-refractivity contribution in [3.8, 4) is 0 Å². The molecule has 0 bridgehead atoms. The molecule has 29 heavy (non-hydrogen) atoms. The summed E-state index contributed by atoms with van der Waals surface area (Å²) in [6, 6.07) is 14.2. The number of carbonyl (C=O) groups excluding carboxylic acids is 1. The highest BCUT2D eigenvalue weighted by molar-refractivity contribution is 7.89. The molecule has 1 aromatic heterocycles. The van der Waals surface area contributed by atoms with Crippen LogP contribution < -0.4 is 5.32 Å². The average Bonchev–Trinajstić information content (AvgIpc) is 2.71. The fourth-order valence-corrected chi connectivity index (χ4v) is 4.77. The van der Waals surface area contributed by atoms with Crippen molar-refractivity contribution in [3.05, 3.63) is 65.4 Å². The number of carbonyl (C=O) groups is 1. The molecule has 0 atom stereocenters. The second kappa shape index (κ2) is 8.31. The fraction of sp³-hybridized carbons (Fsp3) is 0.273. The molecule has 0 saturated heterocycles. The molecule has 152 valence electrons. The lowest BCUT2D eigenvalue weighted by atomic mass is 10.1. The lowest BCUT2D eigenvalue weighted by molar-refractivity contribution is 0.102. The van der Waals surface area contributed by atoms with E-state index >= 15 is 0 Å². The number of hydrogen-bond acceptors (Lipinski definition) is 4. The summed E-state index contributed by atoms with van der Waals surface area (Å²) < 4.78 is 27.2. The number of para-hydroxylation sites is 1. The van der Waals surface area contributed by atoms with Gasteiger partial charge in [-0.25, -0.2) is 13.4 Å². The van der Waals surface area contributed by atoms with E-state index in [9.17, 15) is 13.2 Å². The summed E-state index contributed by atoms with van der Waals surface area (Å²) in [5.41, 5.74) is 3.08. The van der Waals surface area contributed by atoms with Gasteiger partial charge in [-0.05, 0) is 49.2 Å². The molecule has 1 N–H and O–H groups in total. The number of aromatic nitrogens is 1. The third-order valence-electron chi connectivity index (χ3n) is 5.06. The van der Waals surface area contributed by atoms with E-state index < -0.39 is 10.0 Å². The van der Waals surface area contributed by atoms with Crippen molar-refractivity contribution in [2.45, 2.75) is 32.6 Å². The lowest BCUT2D eigenvalue weighted by Gasteiger charge is -2.20. The summed E-state index contributed by atoms with van der Waals surface area (Å²) in [5.74, 6) is -0.379. The van der Waals surface area contributed by atoms with Gasteiger partial charge in [-0.15, -0.1) is 0 Å². The summed E-state index contributed by atoms with van der Waals surface area (Å²) >= 11 is 0. The minimum absolute atomic E-state index is 0.172. The molecule has 6 nitrogen and oxygen atoms in total. The zero-order valence-electron chi connectivity index (χ0n) is 17.1. The quantitative estimate of drug-likeness (QED) is 0.661. The molecule has 0 aliphatic heterocycles. The summed E-state index contributed by atoms with van der Waals surface area (Å²) in [6.45, 7) is 8.06. The van der Waals surface area contributed by atoms with E-state index in [4.69, 9.17) is 0 Å². The maximum atomic E-state index is 12.9. The van der Waals surface area contributed by atoms with Gasteiger partial charge in [0.05, 0.1) is 10.4 Å². The summed E-state index contributed by atoms with van der Waals surface area (Å²) in [6.07, 6.45) is 0. The Hall–Kier alpha value is -2.77. The molecule has 2 aromatic carbocycles. The van der Waals surface area contributed by atoms with Crippen LogP contribution >= 0.6 is 0 Å². The van der Waals surface area contributed by atoms with Crippen LogP contribution in [0.25, 0.3) is 10.9 Å². The standard InChI is InChI=1S/C22H25N3O3S/c1-5-25(6-2)29(27,28)18-13-15(3)16(4)21(14-18)24-22(26)20-12-11-17-9-7-8-10-19(17)23-20/h7-14H,5-6H2,1-4H3,(H,24,26). The van der Waals surface area contributed by atoms with Crippen molar-refractivity contribution in [3.63, 3.8) is 0 Å². The first-order valence-electron chi connectivity index (χ1n) is 9.56. The molecule has 7 heteroatoms. The second-order valence-electron chi connectivity index (χ2n) is 6.85. The minimum atomic E-state index is -3.63. The highest BCUT2D eigenvalue weighted by Crippen LogP contribution is 2.26. The monoisotopic (exact) mass is 411 g/mol. The van der Waals surface area contributed by atoms with Crippen LogP contribution in [0.3, 0.4) is 0 Å². The highest BCUT2D eigenvalue weighted by Gasteiger charge is 2.23. The first kappa shape index (κ1) is 21.0. The van der Waals surface area contributed by atoms with Gasteiger partial charge in [0.2, 0.25) is 10.0 Å². The van der Waals surface area contributed by atoms with Crippen LogP contribution in [0.2, 0.25) is 0 Å². The Morgan fingerprint density at radius 1 is 1.03 bits per heavy atom. The van der Waals surface area contributed by atoms with Crippen molar-refractivity contribution in [1.29, 1.82) is 0 Å². The molecule has 1 heterocycles. The summed E-state index contributed by atoms with van der Waals surface area (Å²) in [5, 5.41) is 3.78. The number of anilines is 1. The van der Waals surface area contributed by atoms with Gasteiger partial charge in [-0.2, -0.15) is 4.31 Å². The Bertz CT molecular complexity index is 1170. The number of aryl methyl sites for hydroxylation is 1. The number of benzene rings is 2. The van der Waals surface area contributed by atoms with Crippen molar-refractivity contribution in [2.24, 2.45) is 0 Å². The third kappa shape index (κ3) is 4.16. The molecule has 3 rings (SSSR count). The second-order valence-corrected chi connectivity index (χ2v) is 8.78. The van der Waals surface area contributed by atoms with E-state index in [0.717, 1.165) is 22.0 Å². The Labute approximate surface area is 171 Å². The van der Waals surface area contributed by atoms with Gasteiger partial charge in [0.25, 0.3) is 5.91 Å². The van der Waals surface area contributed by atoms with Gasteiger partial charge in [0, 0.05) is 24.2 Å². The van der Waals surface area contributed by atoms with Crippen molar-refractivity contribution in [2.75, 3.05) is 18.4 Å². The van der Waals surface area contributed by atoms with Gasteiger partial charge in [0.15, 0.2) is 0 Å². The lowest BCUT2D eigenvalue weighted by Crippen LogP contribution is -2.30. The van der Waals surface area contributed by atoms with E-state index in [-0.39, 0.29) is 16.5 Å². The topological polar surface area (TPSA) is 79.4 Å². The van der Waals surface area contributed by atoms with Crippen LogP contribution in [0.4, 0.5) is 5.69 Å². The molecule has 0 saturated carbocycles. The smallest absolute Gasteiger partial charge is 0.274 e. The Morgan fingerprint density at radius 2 is 1.72 bits per heavy atom. The maximum Gasteiger partial charge on any atom is 0.274 e. The van der Waals surface area contributed by atoms with Crippen LogP contribution in [-0.2, 0) is 10.0 Å².